The molecule has 3 rings (SSSR count). The number of hydrogen-bond donors (Lipinski definition) is 1. The molecule has 3 aromatic rings. The highest BCUT2D eigenvalue weighted by Crippen LogP contribution is 2.28. The summed E-state index contributed by atoms with van der Waals surface area (Å²) < 4.78 is 0.994. The van der Waals surface area contributed by atoms with Gasteiger partial charge >= 0.3 is 0 Å². The minimum Gasteiger partial charge on any atom is -0.493 e. The molecule has 1 aromatic heterocycles. The molecule has 7 heteroatoms. The van der Waals surface area contributed by atoms with Crippen LogP contribution in [0.5, 0.6) is 5.88 Å². The molecule has 1 heterocycles. The number of azo groups is 1. The van der Waals surface area contributed by atoms with E-state index in [1.165, 1.54) is 13.0 Å². The largest absolute Gasteiger partial charge is 0.493 e. The van der Waals surface area contributed by atoms with Crippen molar-refractivity contribution in [3.8, 4) is 11.9 Å². The van der Waals surface area contributed by atoms with E-state index in [0.717, 1.165) is 4.57 Å². The first-order valence-electron chi connectivity index (χ1n) is 9.07. The summed E-state index contributed by atoms with van der Waals surface area (Å²) in [7, 11) is 0. The van der Waals surface area contributed by atoms with Crippen LogP contribution in [-0.4, -0.2) is 15.5 Å². The molecule has 0 aliphatic heterocycles. The smallest absolute Gasteiger partial charge is 0.281 e. The van der Waals surface area contributed by atoms with Crippen LogP contribution in [0, 0.1) is 18.3 Å². The van der Waals surface area contributed by atoms with Gasteiger partial charge in [-0.15, -0.1) is 16.8 Å². The Morgan fingerprint density at radius 2 is 1.83 bits per heavy atom. The van der Waals surface area contributed by atoms with E-state index in [2.05, 4.69) is 16.8 Å². The standard InChI is InChI=1S/C23H18N4O3/c1-3-13-27-22(29)18(14-24)15(2)20(23(27)30)26-25-19-12-8-7-11-17(19)21(28)16-9-5-4-6-10-16/h3-12,29H,1,13H2,2H3. The zero-order chi connectivity index (χ0) is 21.7. The van der Waals surface area contributed by atoms with Crippen LogP contribution in [0.4, 0.5) is 11.4 Å². The topological polar surface area (TPSA) is 108 Å². The second kappa shape index (κ2) is 8.80. The highest BCUT2D eigenvalue weighted by atomic mass is 16.3. The minimum absolute atomic E-state index is 0.00519. The Balaban J connectivity index is 2.11. The molecule has 2 aromatic carbocycles. The number of nitrogens with zero attached hydrogens (tertiary/aromatic N) is 4. The van der Waals surface area contributed by atoms with Crippen LogP contribution in [0.1, 0.15) is 27.0 Å². The van der Waals surface area contributed by atoms with Crippen LogP contribution in [-0.2, 0) is 6.54 Å². The summed E-state index contributed by atoms with van der Waals surface area (Å²) in [5, 5.41) is 27.8. The Morgan fingerprint density at radius 1 is 1.17 bits per heavy atom. The van der Waals surface area contributed by atoms with Gasteiger partial charge in [0.05, 0.1) is 11.3 Å². The Hall–Kier alpha value is -4.31. The molecule has 0 spiro atoms. The molecular formula is C23H18N4O3. The highest BCUT2D eigenvalue weighted by Gasteiger charge is 2.19. The molecule has 0 bridgehead atoms. The van der Waals surface area contributed by atoms with Crippen molar-refractivity contribution in [1.29, 1.82) is 5.26 Å². The van der Waals surface area contributed by atoms with E-state index in [0.29, 0.717) is 11.1 Å². The lowest BCUT2D eigenvalue weighted by molar-refractivity contribution is 0.103. The molecule has 0 amide bonds. The number of carbonyl (C=O) groups is 1. The summed E-state index contributed by atoms with van der Waals surface area (Å²) >= 11 is 0. The molecule has 0 atom stereocenters. The highest BCUT2D eigenvalue weighted by molar-refractivity contribution is 6.11. The van der Waals surface area contributed by atoms with Crippen LogP contribution in [0.25, 0.3) is 0 Å². The zero-order valence-electron chi connectivity index (χ0n) is 16.2. The van der Waals surface area contributed by atoms with Gasteiger partial charge in [0.1, 0.15) is 11.6 Å². The fraction of sp³-hybridized carbons (Fsp3) is 0.0870. The molecule has 30 heavy (non-hydrogen) atoms. The van der Waals surface area contributed by atoms with Gasteiger partial charge in [0.15, 0.2) is 11.5 Å². The lowest BCUT2D eigenvalue weighted by atomic mass is 10.0. The number of rotatable bonds is 6. The van der Waals surface area contributed by atoms with Gasteiger partial charge in [0, 0.05) is 17.7 Å². The third-order valence-corrected chi connectivity index (χ3v) is 4.52. The summed E-state index contributed by atoms with van der Waals surface area (Å²) in [5.74, 6) is -0.673. The second-order valence-electron chi connectivity index (χ2n) is 6.40. The van der Waals surface area contributed by atoms with E-state index < -0.39 is 11.4 Å². The Labute approximate surface area is 172 Å². The molecule has 7 nitrogen and oxygen atoms in total. The fourth-order valence-electron chi connectivity index (χ4n) is 2.96. The zero-order valence-corrected chi connectivity index (χ0v) is 16.2. The first-order chi connectivity index (χ1) is 14.5. The van der Waals surface area contributed by atoms with Crippen molar-refractivity contribution in [2.24, 2.45) is 10.2 Å². The maximum atomic E-state index is 12.8. The maximum Gasteiger partial charge on any atom is 0.281 e. The SMILES string of the molecule is C=CCn1c(O)c(C#N)c(C)c(N=Nc2ccccc2C(=O)c2ccccc2)c1=O. The average molecular weight is 398 g/mol. The van der Waals surface area contributed by atoms with E-state index in [1.807, 2.05) is 12.1 Å². The number of hydrogen-bond acceptors (Lipinski definition) is 6. The van der Waals surface area contributed by atoms with E-state index in [1.54, 1.807) is 48.5 Å². The second-order valence-corrected chi connectivity index (χ2v) is 6.40. The van der Waals surface area contributed by atoms with Gasteiger partial charge in [-0.3, -0.25) is 14.2 Å². The first-order valence-corrected chi connectivity index (χ1v) is 9.07. The van der Waals surface area contributed by atoms with Crippen molar-refractivity contribution in [1.82, 2.24) is 4.57 Å². The Bertz CT molecular complexity index is 1250. The van der Waals surface area contributed by atoms with Crippen molar-refractivity contribution in [2.75, 3.05) is 0 Å². The van der Waals surface area contributed by atoms with Crippen molar-refractivity contribution < 1.29 is 9.90 Å². The third-order valence-electron chi connectivity index (χ3n) is 4.52. The normalized spacial score (nSPS) is 10.7. The maximum absolute atomic E-state index is 12.8. The van der Waals surface area contributed by atoms with E-state index in [4.69, 9.17) is 0 Å². The van der Waals surface area contributed by atoms with Gasteiger partial charge in [-0.2, -0.15) is 5.26 Å². The van der Waals surface area contributed by atoms with Gasteiger partial charge < -0.3 is 5.11 Å². The average Bonchev–Trinajstić information content (AvgIpc) is 2.77. The van der Waals surface area contributed by atoms with Gasteiger partial charge in [0.2, 0.25) is 5.88 Å². The van der Waals surface area contributed by atoms with Crippen molar-refractivity contribution >= 4 is 17.2 Å². The number of aromatic nitrogens is 1. The van der Waals surface area contributed by atoms with Crippen LogP contribution >= 0.6 is 0 Å². The van der Waals surface area contributed by atoms with Crippen LogP contribution in [0.3, 0.4) is 0 Å². The Morgan fingerprint density at radius 3 is 2.50 bits per heavy atom. The number of carbonyl (C=O) groups excluding carboxylic acids is 1. The molecule has 148 valence electrons. The molecule has 0 fully saturated rings. The van der Waals surface area contributed by atoms with Crippen LogP contribution in [0.2, 0.25) is 0 Å². The molecule has 0 unspecified atom stereocenters. The predicted molar refractivity (Wildman–Crippen MR) is 113 cm³/mol. The summed E-state index contributed by atoms with van der Waals surface area (Å²) in [6.45, 7) is 5.07. The molecule has 0 radical (unpaired) electrons. The lowest BCUT2D eigenvalue weighted by Crippen LogP contribution is -2.21. The molecule has 0 saturated heterocycles. The number of allylic oxidation sites excluding steroid dienone is 1. The third kappa shape index (κ3) is 3.80. The molecule has 0 aliphatic carbocycles. The number of ketones is 1. The van der Waals surface area contributed by atoms with Crippen LogP contribution in [0.15, 0.2) is 82.3 Å². The molecule has 1 N–H and O–H groups in total. The van der Waals surface area contributed by atoms with E-state index >= 15 is 0 Å². The summed E-state index contributed by atoms with van der Waals surface area (Å²) in [6.07, 6.45) is 1.42. The van der Waals surface area contributed by atoms with E-state index in [9.17, 15) is 20.0 Å². The summed E-state index contributed by atoms with van der Waals surface area (Å²) in [4.78, 5) is 25.6. The number of nitriles is 1. The number of aromatic hydroxyl groups is 1. The van der Waals surface area contributed by atoms with Crippen molar-refractivity contribution in [2.45, 2.75) is 13.5 Å². The monoisotopic (exact) mass is 398 g/mol. The molecule has 0 aliphatic rings. The van der Waals surface area contributed by atoms with Crippen molar-refractivity contribution in [3.63, 3.8) is 0 Å². The van der Waals surface area contributed by atoms with E-state index in [-0.39, 0.29) is 34.8 Å². The Kier molecular flexibility index (Phi) is 5.99. The fourth-order valence-corrected chi connectivity index (χ4v) is 2.96. The van der Waals surface area contributed by atoms with Crippen LogP contribution < -0.4 is 5.56 Å². The van der Waals surface area contributed by atoms with Gasteiger partial charge in [0.25, 0.3) is 5.56 Å². The van der Waals surface area contributed by atoms with Crippen molar-refractivity contribution in [3.05, 3.63) is 99.9 Å². The number of benzene rings is 2. The first kappa shape index (κ1) is 20.4. The molecular weight excluding hydrogens is 380 g/mol. The predicted octanol–water partition coefficient (Wildman–Crippen LogP) is 4.57. The summed E-state index contributed by atoms with van der Waals surface area (Å²) in [6, 6.07) is 17.3. The summed E-state index contributed by atoms with van der Waals surface area (Å²) in [5.41, 5.74) is 0.548. The van der Waals surface area contributed by atoms with Gasteiger partial charge in [-0.1, -0.05) is 48.5 Å². The number of pyridine rings is 1. The minimum atomic E-state index is -0.612. The van der Waals surface area contributed by atoms with Gasteiger partial charge in [-0.25, -0.2) is 0 Å². The lowest BCUT2D eigenvalue weighted by Gasteiger charge is -2.11. The van der Waals surface area contributed by atoms with Gasteiger partial charge in [-0.05, 0) is 19.1 Å². The molecule has 0 saturated carbocycles. The quantitative estimate of drug-likeness (QED) is 0.373.